The average molecular weight is 292 g/mol. The van der Waals surface area contributed by atoms with E-state index in [0.717, 1.165) is 34.0 Å². The Morgan fingerprint density at radius 3 is 1.65 bits per heavy atom. The quantitative estimate of drug-likeness (QED) is 0.665. The number of rotatable bonds is 0. The molecule has 2 heterocycles. The molecule has 0 saturated heterocycles. The Morgan fingerprint density at radius 2 is 1.20 bits per heavy atom. The van der Waals surface area contributed by atoms with Crippen LogP contribution in [-0.4, -0.2) is 11.4 Å². The molecule has 0 saturated carbocycles. The topological polar surface area (TPSA) is 0 Å². The second kappa shape index (κ2) is 4.04. The Bertz CT molecular complexity index is 630. The van der Waals surface area contributed by atoms with E-state index in [1.165, 1.54) is 0 Å². The molecule has 1 aliphatic carbocycles. The van der Waals surface area contributed by atoms with Crippen LogP contribution in [-0.2, 0) is 0 Å². The molecule has 0 fully saturated rings. The molecule has 1 atom stereocenters. The maximum absolute atomic E-state index is 13.4. The lowest BCUT2D eigenvalue weighted by molar-refractivity contribution is -0.131. The van der Waals surface area contributed by atoms with Gasteiger partial charge in [-0.2, -0.15) is 13.2 Å². The van der Waals surface area contributed by atoms with Gasteiger partial charge < -0.3 is 0 Å². The third kappa shape index (κ3) is 1.57. The minimum absolute atomic E-state index is 0.195. The minimum atomic E-state index is -4.17. The van der Waals surface area contributed by atoms with Crippen molar-refractivity contribution in [3.63, 3.8) is 0 Å². The number of hydrogen-bond acceptors (Lipinski definition) is 1. The zero-order chi connectivity index (χ0) is 13.9. The van der Waals surface area contributed by atoms with E-state index >= 15 is 0 Å². The molecule has 0 amide bonds. The molecule has 0 nitrogen and oxygen atoms in total. The molecular weight excluding hydrogens is 281 g/mol. The van der Waals surface area contributed by atoms with Gasteiger partial charge in [0, 0.05) is 5.92 Å². The third-order valence-electron chi connectivity index (χ3n) is 4.14. The number of fused-ring (bicyclic) bond motifs is 1. The van der Waals surface area contributed by atoms with Crippen LogP contribution in [0.5, 0.6) is 0 Å². The zero-order valence-corrected chi connectivity index (χ0v) is 11.2. The van der Waals surface area contributed by atoms with E-state index in [9.17, 15) is 13.2 Å². The second-order valence-corrected chi connectivity index (χ2v) is 6.47. The molecule has 0 spiro atoms. The van der Waals surface area contributed by atoms with Gasteiger partial charge in [-0.3, -0.25) is 0 Å². The first-order valence-corrected chi connectivity index (χ1v) is 7.41. The summed E-state index contributed by atoms with van der Waals surface area (Å²) < 4.78 is 40.1. The van der Waals surface area contributed by atoms with Gasteiger partial charge in [0.15, 0.2) is 0 Å². The summed E-state index contributed by atoms with van der Waals surface area (Å²) in [6, 6.07) is 15.1. The van der Waals surface area contributed by atoms with Crippen LogP contribution >= 0.6 is 11.8 Å². The van der Waals surface area contributed by atoms with Crippen LogP contribution in [0.2, 0.25) is 0 Å². The van der Waals surface area contributed by atoms with Gasteiger partial charge in [-0.05, 0) is 22.3 Å². The Kier molecular flexibility index (Phi) is 2.49. The number of thioether (sulfide) groups is 1. The summed E-state index contributed by atoms with van der Waals surface area (Å²) in [5, 5.41) is -1.53. The first-order chi connectivity index (χ1) is 9.57. The Labute approximate surface area is 119 Å². The van der Waals surface area contributed by atoms with Crippen molar-refractivity contribution in [2.45, 2.75) is 22.6 Å². The maximum atomic E-state index is 13.4. The highest BCUT2D eigenvalue weighted by Crippen LogP contribution is 2.61. The largest absolute Gasteiger partial charge is 0.401 e. The highest BCUT2D eigenvalue weighted by Gasteiger charge is 2.54. The summed E-state index contributed by atoms with van der Waals surface area (Å²) in [6.45, 7) is 0. The summed E-state index contributed by atoms with van der Waals surface area (Å²) in [6.07, 6.45) is -4.17. The molecule has 2 aliphatic heterocycles. The number of halogens is 3. The minimum Gasteiger partial charge on any atom is -0.170 e. The van der Waals surface area contributed by atoms with Gasteiger partial charge in [0.2, 0.25) is 0 Å². The third-order valence-corrected chi connectivity index (χ3v) is 5.75. The molecule has 2 aromatic rings. The highest BCUT2D eigenvalue weighted by atomic mass is 32.2. The van der Waals surface area contributed by atoms with Gasteiger partial charge in [-0.1, -0.05) is 48.5 Å². The molecule has 20 heavy (non-hydrogen) atoms. The van der Waals surface area contributed by atoms with Crippen molar-refractivity contribution in [1.82, 2.24) is 0 Å². The maximum Gasteiger partial charge on any atom is 0.401 e. The normalized spacial score (nSPS) is 27.1. The van der Waals surface area contributed by atoms with Crippen molar-refractivity contribution in [3.8, 4) is 0 Å². The van der Waals surface area contributed by atoms with E-state index in [1.807, 2.05) is 48.5 Å². The Balaban J connectivity index is 1.98. The lowest BCUT2D eigenvalue weighted by Gasteiger charge is -2.45. The summed E-state index contributed by atoms with van der Waals surface area (Å²) in [4.78, 5) is 0. The van der Waals surface area contributed by atoms with Crippen molar-refractivity contribution in [2.24, 2.45) is 0 Å². The van der Waals surface area contributed by atoms with Gasteiger partial charge in [0.25, 0.3) is 0 Å². The summed E-state index contributed by atoms with van der Waals surface area (Å²) in [5.74, 6) is -0.572. The van der Waals surface area contributed by atoms with Gasteiger partial charge in [-0.15, -0.1) is 11.8 Å². The molecule has 4 heteroatoms. The van der Waals surface area contributed by atoms with Crippen molar-refractivity contribution >= 4 is 11.8 Å². The van der Waals surface area contributed by atoms with Crippen molar-refractivity contribution in [3.05, 3.63) is 70.8 Å². The van der Waals surface area contributed by atoms with Crippen LogP contribution in [0.25, 0.3) is 0 Å². The Morgan fingerprint density at radius 1 is 0.750 bits per heavy atom. The van der Waals surface area contributed by atoms with Gasteiger partial charge in [0.05, 0.1) is 5.25 Å². The fourth-order valence-electron chi connectivity index (χ4n) is 3.36. The van der Waals surface area contributed by atoms with E-state index in [1.54, 1.807) is 0 Å². The second-order valence-electron chi connectivity index (χ2n) is 5.21. The van der Waals surface area contributed by atoms with Crippen LogP contribution in [0.1, 0.15) is 33.4 Å². The lowest BCUT2D eigenvalue weighted by atomic mass is 9.75. The Hall–Kier alpha value is -1.42. The standard InChI is InChI=1S/C16H11F3S/c17-16(18,19)15-13-9-5-1-3-7-11(9)14(20-15)12-8-4-2-6-10(12)13/h1-8,13-15H. The first-order valence-electron chi connectivity index (χ1n) is 6.47. The van der Waals surface area contributed by atoms with Crippen LogP contribution in [0, 0.1) is 0 Å². The predicted molar refractivity (Wildman–Crippen MR) is 74.0 cm³/mol. The molecule has 102 valence electrons. The molecule has 0 aromatic heterocycles. The number of alkyl halides is 3. The highest BCUT2D eigenvalue weighted by molar-refractivity contribution is 8.00. The van der Waals surface area contributed by atoms with Crippen LogP contribution < -0.4 is 0 Å². The average Bonchev–Trinajstić information content (AvgIpc) is 2.46. The molecule has 5 rings (SSSR count). The number of benzene rings is 2. The van der Waals surface area contributed by atoms with Crippen LogP contribution in [0.4, 0.5) is 13.2 Å². The lowest BCUT2D eigenvalue weighted by Crippen LogP contribution is -2.40. The van der Waals surface area contributed by atoms with Crippen LogP contribution in [0.3, 0.4) is 0 Å². The smallest absolute Gasteiger partial charge is 0.170 e. The molecule has 1 unspecified atom stereocenters. The molecule has 2 aromatic carbocycles. The van der Waals surface area contributed by atoms with Crippen molar-refractivity contribution < 1.29 is 13.2 Å². The summed E-state index contributed by atoms with van der Waals surface area (Å²) in [7, 11) is 0. The molecule has 2 bridgehead atoms. The van der Waals surface area contributed by atoms with E-state index in [2.05, 4.69) is 0 Å². The van der Waals surface area contributed by atoms with Crippen molar-refractivity contribution in [1.29, 1.82) is 0 Å². The predicted octanol–water partition coefficient (Wildman–Crippen LogP) is 4.90. The SMILES string of the molecule is FC(F)(F)C1SC2c3ccccc3C1c1ccccc12. The monoisotopic (exact) mass is 292 g/mol. The van der Waals surface area contributed by atoms with E-state index in [4.69, 9.17) is 0 Å². The zero-order valence-electron chi connectivity index (χ0n) is 10.4. The van der Waals surface area contributed by atoms with Crippen LogP contribution in [0.15, 0.2) is 48.5 Å². The van der Waals surface area contributed by atoms with E-state index < -0.39 is 17.3 Å². The molecule has 0 radical (unpaired) electrons. The van der Waals surface area contributed by atoms with Gasteiger partial charge >= 0.3 is 6.18 Å². The summed E-state index contributed by atoms with van der Waals surface area (Å²) >= 11 is 1.05. The number of hydrogen-bond donors (Lipinski definition) is 0. The fourth-order valence-corrected chi connectivity index (χ4v) is 4.99. The van der Waals surface area contributed by atoms with E-state index in [-0.39, 0.29) is 5.25 Å². The summed E-state index contributed by atoms with van der Waals surface area (Å²) in [5.41, 5.74) is 3.78. The molecule has 0 N–H and O–H groups in total. The van der Waals surface area contributed by atoms with E-state index in [0.29, 0.717) is 0 Å². The fraction of sp³-hybridized carbons (Fsp3) is 0.250. The van der Waals surface area contributed by atoms with Crippen molar-refractivity contribution in [2.75, 3.05) is 0 Å². The van der Waals surface area contributed by atoms with Gasteiger partial charge in [-0.25, -0.2) is 0 Å². The van der Waals surface area contributed by atoms with Gasteiger partial charge in [0.1, 0.15) is 5.25 Å². The molecular formula is C16H11F3S. The molecule has 3 aliphatic rings. The first kappa shape index (κ1) is 12.3.